The van der Waals surface area contributed by atoms with E-state index in [4.69, 9.17) is 0 Å². The highest BCUT2D eigenvalue weighted by Crippen LogP contribution is 2.16. The highest BCUT2D eigenvalue weighted by Gasteiger charge is 2.00. The summed E-state index contributed by atoms with van der Waals surface area (Å²) in [5, 5.41) is 0. The lowest BCUT2D eigenvalue weighted by Gasteiger charge is -1.87. The third kappa shape index (κ3) is 0.611. The molecule has 0 aliphatic rings. The van der Waals surface area contributed by atoms with Crippen LogP contribution in [0.5, 0.6) is 0 Å². The Kier molecular flexibility index (Phi) is 0.889. The maximum absolute atomic E-state index is 4.14. The van der Waals surface area contributed by atoms with Crippen molar-refractivity contribution in [1.29, 1.82) is 0 Å². The van der Waals surface area contributed by atoms with Gasteiger partial charge in [0, 0.05) is 2.85 Å². The number of rotatable bonds is 0. The number of H-pyrrole nitrogens is 2. The molecule has 3 aromatic rings. The molecule has 2 N–H and O–H groups in total. The first kappa shape index (κ1) is 5.77. The standard InChI is InChI=1S/C8H6N4.2H2/c1-5-7(11-3-9-5)2-8-6(1)10-4-12-8;;/h1-4H,(H,9,11)(H,10,12);2*1H. The molecule has 62 valence electrons. The van der Waals surface area contributed by atoms with E-state index in [1.165, 1.54) is 0 Å². The zero-order valence-electron chi connectivity index (χ0n) is 6.20. The monoisotopic (exact) mass is 162 g/mol. The highest BCUT2D eigenvalue weighted by molar-refractivity contribution is 5.90. The molecule has 2 heterocycles. The van der Waals surface area contributed by atoms with Gasteiger partial charge < -0.3 is 9.97 Å². The maximum atomic E-state index is 4.14. The average Bonchev–Trinajstić information content (AvgIpc) is 2.64. The first-order chi connectivity index (χ1) is 5.93. The summed E-state index contributed by atoms with van der Waals surface area (Å²) in [7, 11) is 0. The molecule has 1 aromatic carbocycles. The molecule has 0 aliphatic carbocycles. The van der Waals surface area contributed by atoms with Gasteiger partial charge in [0.1, 0.15) is 0 Å². The van der Waals surface area contributed by atoms with Crippen molar-refractivity contribution in [3.05, 3.63) is 24.8 Å². The Balaban J connectivity index is 0.000000490. The number of benzene rings is 1. The Labute approximate surface area is 70.6 Å². The van der Waals surface area contributed by atoms with Crippen molar-refractivity contribution < 1.29 is 2.85 Å². The Bertz CT molecular complexity index is 451. The third-order valence-electron chi connectivity index (χ3n) is 1.96. The molecule has 3 rings (SSSR count). The number of imidazole rings is 2. The van der Waals surface area contributed by atoms with Crippen LogP contribution in [-0.4, -0.2) is 19.9 Å². The Morgan fingerprint density at radius 2 is 1.50 bits per heavy atom. The average molecular weight is 162 g/mol. The van der Waals surface area contributed by atoms with Gasteiger partial charge in [0.2, 0.25) is 0 Å². The van der Waals surface area contributed by atoms with Crippen LogP contribution in [-0.2, 0) is 0 Å². The van der Waals surface area contributed by atoms with E-state index in [0.29, 0.717) is 0 Å². The molecule has 0 unspecified atom stereocenters. The maximum Gasteiger partial charge on any atom is 0.0931 e. The van der Waals surface area contributed by atoms with Gasteiger partial charge in [-0.1, -0.05) is 0 Å². The van der Waals surface area contributed by atoms with Crippen molar-refractivity contribution in [3.63, 3.8) is 0 Å². The Morgan fingerprint density at radius 1 is 0.917 bits per heavy atom. The molecular weight excluding hydrogens is 152 g/mol. The smallest absolute Gasteiger partial charge is 0.0931 e. The summed E-state index contributed by atoms with van der Waals surface area (Å²) in [6.07, 6.45) is 3.37. The van der Waals surface area contributed by atoms with E-state index in [1.807, 2.05) is 12.1 Å². The molecule has 0 saturated carbocycles. The number of hydrogen-bond donors (Lipinski definition) is 2. The molecule has 0 amide bonds. The fourth-order valence-electron chi connectivity index (χ4n) is 1.36. The Hall–Kier alpha value is -1.84. The molecule has 4 heteroatoms. The summed E-state index contributed by atoms with van der Waals surface area (Å²) >= 11 is 0. The van der Waals surface area contributed by atoms with Crippen LogP contribution < -0.4 is 0 Å². The minimum absolute atomic E-state index is 0. The third-order valence-corrected chi connectivity index (χ3v) is 1.96. The van der Waals surface area contributed by atoms with Crippen LogP contribution >= 0.6 is 0 Å². The van der Waals surface area contributed by atoms with E-state index in [-0.39, 0.29) is 2.85 Å². The van der Waals surface area contributed by atoms with Crippen molar-refractivity contribution in [2.75, 3.05) is 0 Å². The van der Waals surface area contributed by atoms with Crippen molar-refractivity contribution in [2.45, 2.75) is 0 Å². The summed E-state index contributed by atoms with van der Waals surface area (Å²) in [5.74, 6) is 0. The van der Waals surface area contributed by atoms with E-state index >= 15 is 0 Å². The van der Waals surface area contributed by atoms with Crippen LogP contribution in [0.1, 0.15) is 2.85 Å². The fraction of sp³-hybridized carbons (Fsp3) is 0. The molecule has 12 heavy (non-hydrogen) atoms. The number of aromatic amines is 2. The number of nitrogens with zero attached hydrogens (tertiary/aromatic N) is 2. The van der Waals surface area contributed by atoms with E-state index in [9.17, 15) is 0 Å². The first-order valence-electron chi connectivity index (χ1n) is 3.70. The van der Waals surface area contributed by atoms with Gasteiger partial charge in [0.15, 0.2) is 0 Å². The van der Waals surface area contributed by atoms with Crippen LogP contribution in [0.2, 0.25) is 0 Å². The molecule has 0 fully saturated rings. The number of nitrogens with one attached hydrogen (secondary N) is 2. The van der Waals surface area contributed by atoms with Gasteiger partial charge in [-0.05, 0) is 12.1 Å². The fourth-order valence-corrected chi connectivity index (χ4v) is 1.36. The highest BCUT2D eigenvalue weighted by atomic mass is 14.9. The van der Waals surface area contributed by atoms with E-state index < -0.39 is 0 Å². The minimum Gasteiger partial charge on any atom is -0.345 e. The number of aromatic nitrogens is 4. The summed E-state index contributed by atoms with van der Waals surface area (Å²) < 4.78 is 0. The molecule has 4 nitrogen and oxygen atoms in total. The summed E-state index contributed by atoms with van der Waals surface area (Å²) in [6.45, 7) is 0. The van der Waals surface area contributed by atoms with Crippen LogP contribution in [0.25, 0.3) is 22.1 Å². The number of fused-ring (bicyclic) bond motifs is 2. The van der Waals surface area contributed by atoms with Crippen LogP contribution in [0.15, 0.2) is 24.8 Å². The topological polar surface area (TPSA) is 57.4 Å². The number of hydrogen-bond acceptors (Lipinski definition) is 2. The zero-order chi connectivity index (χ0) is 7.97. The molecular formula is C8H10N4. The van der Waals surface area contributed by atoms with Gasteiger partial charge >= 0.3 is 0 Å². The molecule has 0 saturated heterocycles. The van der Waals surface area contributed by atoms with Gasteiger partial charge in [-0.25, -0.2) is 9.97 Å². The van der Waals surface area contributed by atoms with Crippen LogP contribution in [0, 0.1) is 0 Å². The van der Waals surface area contributed by atoms with Crippen LogP contribution in [0.3, 0.4) is 0 Å². The van der Waals surface area contributed by atoms with Gasteiger partial charge in [-0.15, -0.1) is 0 Å². The van der Waals surface area contributed by atoms with E-state index in [0.717, 1.165) is 22.1 Å². The van der Waals surface area contributed by atoms with Gasteiger partial charge in [-0.3, -0.25) is 0 Å². The van der Waals surface area contributed by atoms with E-state index in [2.05, 4.69) is 19.9 Å². The van der Waals surface area contributed by atoms with Crippen molar-refractivity contribution in [3.8, 4) is 0 Å². The second-order valence-electron chi connectivity index (χ2n) is 2.69. The van der Waals surface area contributed by atoms with Gasteiger partial charge in [0.25, 0.3) is 0 Å². The predicted molar refractivity (Wildman–Crippen MR) is 50.0 cm³/mol. The van der Waals surface area contributed by atoms with Crippen molar-refractivity contribution >= 4 is 22.1 Å². The molecule has 2 aromatic heterocycles. The molecule has 0 atom stereocenters. The minimum atomic E-state index is 0. The second-order valence-corrected chi connectivity index (χ2v) is 2.69. The zero-order valence-corrected chi connectivity index (χ0v) is 6.20. The van der Waals surface area contributed by atoms with Crippen molar-refractivity contribution in [2.24, 2.45) is 0 Å². The van der Waals surface area contributed by atoms with Gasteiger partial charge in [0.05, 0.1) is 34.7 Å². The predicted octanol–water partition coefficient (Wildman–Crippen LogP) is 1.93. The largest absolute Gasteiger partial charge is 0.345 e. The molecule has 0 aliphatic heterocycles. The first-order valence-corrected chi connectivity index (χ1v) is 3.70. The summed E-state index contributed by atoms with van der Waals surface area (Å²) in [5.41, 5.74) is 3.97. The summed E-state index contributed by atoms with van der Waals surface area (Å²) in [4.78, 5) is 14.4. The Morgan fingerprint density at radius 3 is 2.08 bits per heavy atom. The lowest BCUT2D eigenvalue weighted by atomic mass is 10.3. The lowest BCUT2D eigenvalue weighted by molar-refractivity contribution is 1.33. The second kappa shape index (κ2) is 1.85. The quantitative estimate of drug-likeness (QED) is 0.530. The molecule has 0 spiro atoms. The van der Waals surface area contributed by atoms with Gasteiger partial charge in [-0.2, -0.15) is 0 Å². The molecule has 0 radical (unpaired) electrons. The lowest BCUT2D eigenvalue weighted by Crippen LogP contribution is -1.71. The summed E-state index contributed by atoms with van der Waals surface area (Å²) in [6, 6.07) is 3.96. The normalized spacial score (nSPS) is 11.3. The van der Waals surface area contributed by atoms with Crippen LogP contribution in [0.4, 0.5) is 0 Å². The molecule has 0 bridgehead atoms. The van der Waals surface area contributed by atoms with E-state index in [1.54, 1.807) is 12.7 Å². The SMILES string of the molecule is [HH].[HH].c1nc2cc3nc[nH]c3cc2[nH]1. The van der Waals surface area contributed by atoms with Crippen molar-refractivity contribution in [1.82, 2.24) is 19.9 Å².